The van der Waals surface area contributed by atoms with Gasteiger partial charge in [0.15, 0.2) is 0 Å². The zero-order chi connectivity index (χ0) is 19.1. The molecule has 1 amide bonds. The Kier molecular flexibility index (Phi) is 9.13. The molecule has 0 fully saturated rings. The number of hydrogen-bond acceptors (Lipinski definition) is 3. The van der Waals surface area contributed by atoms with Gasteiger partial charge < -0.3 is 5.32 Å². The van der Waals surface area contributed by atoms with Crippen LogP contribution < -0.4 is 5.32 Å². The second-order valence-corrected chi connectivity index (χ2v) is 5.51. The molecule has 0 radical (unpaired) electrons. The Balaban J connectivity index is 0. The van der Waals surface area contributed by atoms with Crippen LogP contribution in [0.2, 0.25) is 0 Å². The highest BCUT2D eigenvalue weighted by molar-refractivity contribution is 6.41. The minimum atomic E-state index is -5.77. The molecule has 1 N–H and O–H groups in total. The van der Waals surface area contributed by atoms with Gasteiger partial charge in [0, 0.05) is 12.0 Å². The van der Waals surface area contributed by atoms with Gasteiger partial charge in [-0.05, 0) is 6.42 Å². The van der Waals surface area contributed by atoms with Gasteiger partial charge in [0.2, 0.25) is 5.91 Å². The summed E-state index contributed by atoms with van der Waals surface area (Å²) in [4.78, 5) is 30.5. The average Bonchev–Trinajstić information content (AvgIpc) is 2.34. The number of carbonyl (C=O) groups is 3. The van der Waals surface area contributed by atoms with E-state index in [0.29, 0.717) is 0 Å². The lowest BCUT2D eigenvalue weighted by Gasteiger charge is -2.17. The van der Waals surface area contributed by atoms with Crippen molar-refractivity contribution in [3.8, 4) is 0 Å². The summed E-state index contributed by atoms with van der Waals surface area (Å²) in [6.07, 6.45) is -9.34. The first-order valence-corrected chi connectivity index (χ1v) is 6.56. The number of amides is 1. The van der Waals surface area contributed by atoms with Crippen LogP contribution in [0.25, 0.3) is 0 Å². The molecular weight excluding hydrogens is 332 g/mol. The normalized spacial score (nSPS) is 12.1. The number of unbranched alkanes of at least 4 members (excludes halogenated alkanes) is 1. The fourth-order valence-corrected chi connectivity index (χ4v) is 0.901. The van der Waals surface area contributed by atoms with E-state index in [1.165, 1.54) is 0 Å². The van der Waals surface area contributed by atoms with Crippen molar-refractivity contribution in [2.75, 3.05) is 6.54 Å². The van der Waals surface area contributed by atoms with Crippen LogP contribution in [0, 0.1) is 5.41 Å². The smallest absolute Gasteiger partial charge is 0.356 e. The van der Waals surface area contributed by atoms with Crippen LogP contribution >= 0.6 is 0 Å². The van der Waals surface area contributed by atoms with E-state index in [4.69, 9.17) is 0 Å². The third-order valence-corrected chi connectivity index (χ3v) is 2.22. The maximum Gasteiger partial charge on any atom is 0.458 e. The number of ketones is 2. The van der Waals surface area contributed by atoms with Crippen LogP contribution in [-0.4, -0.2) is 36.4 Å². The standard InChI is InChI=1S/C9H19NO.C4F6O2/c1-5-6-7-10-8(11)9(2,3)4;5-3(6,7)1(11)2(12)4(8,9)10/h5-7H2,1-4H3,(H,10,11);. The molecule has 0 aliphatic carbocycles. The molecule has 0 aromatic rings. The highest BCUT2D eigenvalue weighted by Gasteiger charge is 2.54. The number of halogens is 6. The third kappa shape index (κ3) is 10.7. The van der Waals surface area contributed by atoms with Crippen molar-refractivity contribution < 1.29 is 40.7 Å². The number of carbonyl (C=O) groups excluding carboxylic acids is 3. The highest BCUT2D eigenvalue weighted by atomic mass is 19.4. The predicted molar refractivity (Wildman–Crippen MR) is 69.5 cm³/mol. The SMILES string of the molecule is CCCCNC(=O)C(C)(C)C.O=C(C(=O)C(F)(F)F)C(F)(F)F. The van der Waals surface area contributed by atoms with Gasteiger partial charge in [-0.1, -0.05) is 34.1 Å². The van der Waals surface area contributed by atoms with Crippen molar-refractivity contribution >= 4 is 17.5 Å². The second kappa shape index (κ2) is 8.88. The summed E-state index contributed by atoms with van der Waals surface area (Å²) in [7, 11) is 0. The Morgan fingerprint density at radius 1 is 0.826 bits per heavy atom. The first kappa shape index (κ1) is 23.7. The van der Waals surface area contributed by atoms with E-state index in [1.54, 1.807) is 0 Å². The summed E-state index contributed by atoms with van der Waals surface area (Å²) in [6, 6.07) is 0. The molecule has 0 rings (SSSR count). The van der Waals surface area contributed by atoms with E-state index < -0.39 is 23.9 Å². The molecule has 10 heteroatoms. The lowest BCUT2D eigenvalue weighted by atomic mass is 9.96. The van der Waals surface area contributed by atoms with Crippen molar-refractivity contribution in [1.29, 1.82) is 0 Å². The van der Waals surface area contributed by atoms with Crippen LogP contribution in [0.4, 0.5) is 26.3 Å². The van der Waals surface area contributed by atoms with E-state index in [0.717, 1.165) is 19.4 Å². The molecule has 0 spiro atoms. The van der Waals surface area contributed by atoms with Crippen LogP contribution in [0.3, 0.4) is 0 Å². The van der Waals surface area contributed by atoms with Gasteiger partial charge in [-0.3, -0.25) is 14.4 Å². The molecule has 136 valence electrons. The Bertz CT molecular complexity index is 397. The Hall–Kier alpha value is -1.61. The summed E-state index contributed by atoms with van der Waals surface area (Å²) in [5.41, 5.74) is -0.242. The summed E-state index contributed by atoms with van der Waals surface area (Å²) in [5, 5.41) is 2.88. The monoisotopic (exact) mass is 351 g/mol. The molecule has 0 bridgehead atoms. The summed E-state index contributed by atoms with van der Waals surface area (Å²) < 4.78 is 67.0. The van der Waals surface area contributed by atoms with Crippen molar-refractivity contribution in [2.24, 2.45) is 5.41 Å². The third-order valence-electron chi connectivity index (χ3n) is 2.22. The molecule has 0 aliphatic rings. The fourth-order valence-electron chi connectivity index (χ4n) is 0.901. The van der Waals surface area contributed by atoms with Crippen molar-refractivity contribution in [3.63, 3.8) is 0 Å². The molecule has 0 unspecified atom stereocenters. The maximum absolute atomic E-state index is 11.2. The molecule has 0 aliphatic heterocycles. The van der Waals surface area contributed by atoms with Gasteiger partial charge in [0.1, 0.15) is 0 Å². The Morgan fingerprint density at radius 3 is 1.39 bits per heavy atom. The van der Waals surface area contributed by atoms with Gasteiger partial charge in [0.05, 0.1) is 0 Å². The number of hydrogen-bond donors (Lipinski definition) is 1. The van der Waals surface area contributed by atoms with Gasteiger partial charge >= 0.3 is 23.9 Å². The first-order chi connectivity index (χ1) is 10.0. The number of alkyl halides is 6. The highest BCUT2D eigenvalue weighted by Crippen LogP contribution is 2.24. The minimum absolute atomic E-state index is 0.144. The van der Waals surface area contributed by atoms with Crippen molar-refractivity contribution in [2.45, 2.75) is 52.9 Å². The summed E-state index contributed by atoms with van der Waals surface area (Å²) >= 11 is 0. The largest absolute Gasteiger partial charge is 0.458 e. The quantitative estimate of drug-likeness (QED) is 0.481. The van der Waals surface area contributed by atoms with E-state index in [1.807, 2.05) is 20.8 Å². The van der Waals surface area contributed by atoms with Crippen molar-refractivity contribution in [3.05, 3.63) is 0 Å². The molecule has 0 saturated carbocycles. The topological polar surface area (TPSA) is 63.2 Å². The summed E-state index contributed by atoms with van der Waals surface area (Å²) in [6.45, 7) is 8.70. The Morgan fingerprint density at radius 2 is 1.17 bits per heavy atom. The Labute approximate surface area is 129 Å². The maximum atomic E-state index is 11.2. The van der Waals surface area contributed by atoms with Crippen LogP contribution in [0.5, 0.6) is 0 Å². The fraction of sp³-hybridized carbons (Fsp3) is 0.769. The van der Waals surface area contributed by atoms with Crippen LogP contribution in [0.15, 0.2) is 0 Å². The van der Waals surface area contributed by atoms with Gasteiger partial charge in [-0.2, -0.15) is 26.3 Å². The van der Waals surface area contributed by atoms with Crippen LogP contribution in [-0.2, 0) is 14.4 Å². The van der Waals surface area contributed by atoms with Crippen LogP contribution in [0.1, 0.15) is 40.5 Å². The van der Waals surface area contributed by atoms with E-state index in [-0.39, 0.29) is 11.3 Å². The lowest BCUT2D eigenvalue weighted by molar-refractivity contribution is -0.193. The zero-order valence-electron chi connectivity index (χ0n) is 13.1. The minimum Gasteiger partial charge on any atom is -0.356 e. The molecule has 23 heavy (non-hydrogen) atoms. The first-order valence-electron chi connectivity index (χ1n) is 6.56. The van der Waals surface area contributed by atoms with Gasteiger partial charge in [-0.15, -0.1) is 0 Å². The molecular formula is C13H19F6NO3. The second-order valence-electron chi connectivity index (χ2n) is 5.51. The van der Waals surface area contributed by atoms with Crippen molar-refractivity contribution in [1.82, 2.24) is 5.32 Å². The van der Waals surface area contributed by atoms with Gasteiger partial charge in [0.25, 0.3) is 0 Å². The van der Waals surface area contributed by atoms with E-state index in [9.17, 15) is 40.7 Å². The molecule has 0 aromatic carbocycles. The van der Waals surface area contributed by atoms with E-state index in [2.05, 4.69) is 12.2 Å². The molecule has 0 heterocycles. The zero-order valence-corrected chi connectivity index (χ0v) is 13.1. The lowest BCUT2D eigenvalue weighted by Crippen LogP contribution is -2.39. The molecule has 0 saturated heterocycles. The van der Waals surface area contributed by atoms with E-state index >= 15 is 0 Å². The molecule has 4 nitrogen and oxygen atoms in total. The average molecular weight is 351 g/mol. The summed E-state index contributed by atoms with van der Waals surface area (Å²) in [5.74, 6) is -6.67. The number of Topliss-reactive ketones (excluding diaryl/α,β-unsaturated/α-hetero) is 2. The van der Waals surface area contributed by atoms with Gasteiger partial charge in [-0.25, -0.2) is 0 Å². The molecule has 0 atom stereocenters. The predicted octanol–water partition coefficient (Wildman–Crippen LogP) is 3.20. The number of rotatable bonds is 4. The molecule has 0 aromatic heterocycles. The number of nitrogens with one attached hydrogen (secondary N) is 1.